The monoisotopic (exact) mass is 233 g/mol. The van der Waals surface area contributed by atoms with E-state index >= 15 is 0 Å². The summed E-state index contributed by atoms with van der Waals surface area (Å²) in [7, 11) is 0. The molecule has 2 heteroatoms. The van der Waals surface area contributed by atoms with Crippen molar-refractivity contribution >= 4 is 0 Å². The van der Waals surface area contributed by atoms with Crippen LogP contribution in [0.15, 0.2) is 24.3 Å². The van der Waals surface area contributed by atoms with Crippen molar-refractivity contribution in [1.82, 2.24) is 0 Å². The van der Waals surface area contributed by atoms with Crippen LogP contribution in [0.4, 0.5) is 0 Å². The van der Waals surface area contributed by atoms with Crippen LogP contribution in [-0.4, -0.2) is 6.10 Å². The van der Waals surface area contributed by atoms with Crippen LogP contribution in [-0.2, 0) is 0 Å². The molecule has 1 fully saturated rings. The van der Waals surface area contributed by atoms with E-state index in [4.69, 9.17) is 10.5 Å². The third-order valence-electron chi connectivity index (χ3n) is 3.49. The van der Waals surface area contributed by atoms with Gasteiger partial charge in [-0.3, -0.25) is 0 Å². The van der Waals surface area contributed by atoms with Crippen molar-refractivity contribution < 1.29 is 4.74 Å². The van der Waals surface area contributed by atoms with Crippen LogP contribution in [0.2, 0.25) is 0 Å². The standard InChI is InChI=1S/C15H23NO/c1-12(16)13-7-6-10-15(11-13)17-14-8-4-2-3-5-9-14/h6-7,10-12,14H,2-5,8-9,16H2,1H3/t12-/m0/s1. The molecule has 1 aromatic rings. The third kappa shape index (κ3) is 3.74. The summed E-state index contributed by atoms with van der Waals surface area (Å²) >= 11 is 0. The summed E-state index contributed by atoms with van der Waals surface area (Å²) < 4.78 is 6.07. The van der Waals surface area contributed by atoms with E-state index in [-0.39, 0.29) is 6.04 Å². The van der Waals surface area contributed by atoms with Crippen LogP contribution >= 0.6 is 0 Å². The molecule has 0 heterocycles. The number of nitrogens with two attached hydrogens (primary N) is 1. The quantitative estimate of drug-likeness (QED) is 0.806. The lowest BCUT2D eigenvalue weighted by molar-refractivity contribution is 0.183. The highest BCUT2D eigenvalue weighted by atomic mass is 16.5. The van der Waals surface area contributed by atoms with Gasteiger partial charge >= 0.3 is 0 Å². The Morgan fingerprint density at radius 1 is 1.18 bits per heavy atom. The first-order chi connectivity index (χ1) is 8.25. The second-order valence-corrected chi connectivity index (χ2v) is 5.09. The second kappa shape index (κ2) is 6.06. The fourth-order valence-electron chi connectivity index (χ4n) is 2.42. The normalized spacial score (nSPS) is 19.6. The van der Waals surface area contributed by atoms with E-state index in [9.17, 15) is 0 Å². The Kier molecular flexibility index (Phi) is 4.43. The Hall–Kier alpha value is -1.02. The molecule has 1 saturated carbocycles. The molecule has 0 saturated heterocycles. The minimum absolute atomic E-state index is 0.0766. The van der Waals surface area contributed by atoms with Gasteiger partial charge in [0.1, 0.15) is 5.75 Å². The summed E-state index contributed by atoms with van der Waals surface area (Å²) in [6, 6.07) is 8.29. The van der Waals surface area contributed by atoms with E-state index < -0.39 is 0 Å². The van der Waals surface area contributed by atoms with Gasteiger partial charge in [-0.15, -0.1) is 0 Å². The van der Waals surface area contributed by atoms with Gasteiger partial charge in [0, 0.05) is 6.04 Å². The van der Waals surface area contributed by atoms with E-state index in [0.29, 0.717) is 6.10 Å². The summed E-state index contributed by atoms with van der Waals surface area (Å²) in [5, 5.41) is 0. The second-order valence-electron chi connectivity index (χ2n) is 5.09. The average molecular weight is 233 g/mol. The van der Waals surface area contributed by atoms with Crippen LogP contribution < -0.4 is 10.5 Å². The average Bonchev–Trinajstić information content (AvgIpc) is 2.58. The van der Waals surface area contributed by atoms with E-state index in [1.807, 2.05) is 19.1 Å². The number of rotatable bonds is 3. The first-order valence-electron chi connectivity index (χ1n) is 6.78. The SMILES string of the molecule is C[C@H](N)c1cccc(OC2CCCCCC2)c1. The van der Waals surface area contributed by atoms with Gasteiger partial charge in [-0.1, -0.05) is 25.0 Å². The van der Waals surface area contributed by atoms with Gasteiger partial charge in [0.05, 0.1) is 6.10 Å². The maximum absolute atomic E-state index is 6.07. The molecule has 1 aromatic carbocycles. The van der Waals surface area contributed by atoms with Gasteiger partial charge in [0.25, 0.3) is 0 Å². The zero-order valence-corrected chi connectivity index (χ0v) is 10.7. The fraction of sp³-hybridized carbons (Fsp3) is 0.600. The van der Waals surface area contributed by atoms with Crippen molar-refractivity contribution in [3.05, 3.63) is 29.8 Å². The Morgan fingerprint density at radius 2 is 1.88 bits per heavy atom. The van der Waals surface area contributed by atoms with Crippen LogP contribution in [0.1, 0.15) is 57.1 Å². The minimum atomic E-state index is 0.0766. The molecular formula is C15H23NO. The molecule has 0 aromatic heterocycles. The first kappa shape index (κ1) is 12.4. The van der Waals surface area contributed by atoms with Gasteiger partial charge in [-0.05, 0) is 50.3 Å². The number of hydrogen-bond donors (Lipinski definition) is 1. The molecule has 17 heavy (non-hydrogen) atoms. The zero-order chi connectivity index (χ0) is 12.1. The Balaban J connectivity index is 1.99. The maximum Gasteiger partial charge on any atom is 0.120 e. The molecule has 1 aliphatic rings. The lowest BCUT2D eigenvalue weighted by Crippen LogP contribution is -2.15. The predicted molar refractivity (Wildman–Crippen MR) is 71.2 cm³/mol. The molecule has 1 aliphatic carbocycles. The minimum Gasteiger partial charge on any atom is -0.490 e. The van der Waals surface area contributed by atoms with E-state index in [0.717, 1.165) is 11.3 Å². The van der Waals surface area contributed by atoms with Gasteiger partial charge in [-0.25, -0.2) is 0 Å². The summed E-state index contributed by atoms with van der Waals surface area (Å²) in [5.41, 5.74) is 7.03. The van der Waals surface area contributed by atoms with Crippen molar-refractivity contribution in [1.29, 1.82) is 0 Å². The largest absolute Gasteiger partial charge is 0.490 e. The Morgan fingerprint density at radius 3 is 2.53 bits per heavy atom. The highest BCUT2D eigenvalue weighted by Gasteiger charge is 2.13. The molecule has 0 bridgehead atoms. The van der Waals surface area contributed by atoms with Crippen LogP contribution in [0, 0.1) is 0 Å². The molecular weight excluding hydrogens is 210 g/mol. The number of hydrogen-bond acceptors (Lipinski definition) is 2. The molecule has 2 N–H and O–H groups in total. The smallest absolute Gasteiger partial charge is 0.120 e. The van der Waals surface area contributed by atoms with Crippen molar-refractivity contribution in [3.8, 4) is 5.75 Å². The Bertz CT molecular complexity index is 341. The number of ether oxygens (including phenoxy) is 1. The highest BCUT2D eigenvalue weighted by Crippen LogP contribution is 2.24. The van der Waals surface area contributed by atoms with Crippen LogP contribution in [0.5, 0.6) is 5.75 Å². The lowest BCUT2D eigenvalue weighted by Gasteiger charge is -2.18. The maximum atomic E-state index is 6.07. The molecule has 0 aliphatic heterocycles. The molecule has 2 rings (SSSR count). The number of benzene rings is 1. The summed E-state index contributed by atoms with van der Waals surface area (Å²) in [6.45, 7) is 2.00. The molecule has 2 nitrogen and oxygen atoms in total. The van der Waals surface area contributed by atoms with Gasteiger partial charge in [-0.2, -0.15) is 0 Å². The van der Waals surface area contributed by atoms with Crippen molar-refractivity contribution in [2.45, 2.75) is 57.6 Å². The zero-order valence-electron chi connectivity index (χ0n) is 10.7. The molecule has 0 spiro atoms. The van der Waals surface area contributed by atoms with Gasteiger partial charge in [0.15, 0.2) is 0 Å². The molecule has 0 unspecified atom stereocenters. The summed E-state index contributed by atoms with van der Waals surface area (Å²) in [6.07, 6.45) is 8.13. The summed E-state index contributed by atoms with van der Waals surface area (Å²) in [4.78, 5) is 0. The van der Waals surface area contributed by atoms with Crippen molar-refractivity contribution in [3.63, 3.8) is 0 Å². The Labute approximate surface area is 104 Å². The molecule has 0 amide bonds. The van der Waals surface area contributed by atoms with Crippen LogP contribution in [0.3, 0.4) is 0 Å². The summed E-state index contributed by atoms with van der Waals surface area (Å²) in [5.74, 6) is 0.978. The molecule has 0 radical (unpaired) electrons. The van der Waals surface area contributed by atoms with E-state index in [1.54, 1.807) is 0 Å². The van der Waals surface area contributed by atoms with Crippen molar-refractivity contribution in [2.75, 3.05) is 0 Å². The third-order valence-corrected chi connectivity index (χ3v) is 3.49. The first-order valence-corrected chi connectivity index (χ1v) is 6.78. The molecule has 94 valence electrons. The van der Waals surface area contributed by atoms with Crippen molar-refractivity contribution in [2.24, 2.45) is 5.73 Å². The molecule has 1 atom stereocenters. The highest BCUT2D eigenvalue weighted by molar-refractivity contribution is 5.30. The van der Waals surface area contributed by atoms with Gasteiger partial charge in [0.2, 0.25) is 0 Å². The van der Waals surface area contributed by atoms with Crippen LogP contribution in [0.25, 0.3) is 0 Å². The topological polar surface area (TPSA) is 35.2 Å². The fourth-order valence-corrected chi connectivity index (χ4v) is 2.42. The predicted octanol–water partition coefficient (Wildman–Crippen LogP) is 3.81. The lowest BCUT2D eigenvalue weighted by atomic mass is 10.1. The van der Waals surface area contributed by atoms with Gasteiger partial charge < -0.3 is 10.5 Å². The van der Waals surface area contributed by atoms with E-state index in [2.05, 4.69) is 12.1 Å². The van der Waals surface area contributed by atoms with E-state index in [1.165, 1.54) is 38.5 Å².